The molecule has 0 aliphatic rings. The Morgan fingerprint density at radius 3 is 2.50 bits per heavy atom. The minimum absolute atomic E-state index is 0.190. The molecule has 1 aromatic carbocycles. The van der Waals surface area contributed by atoms with Crippen molar-refractivity contribution in [3.63, 3.8) is 0 Å². The highest BCUT2D eigenvalue weighted by atomic mass is 79.9. The lowest BCUT2D eigenvalue weighted by Crippen LogP contribution is -2.05. The van der Waals surface area contributed by atoms with E-state index in [0.717, 1.165) is 25.8 Å². The summed E-state index contributed by atoms with van der Waals surface area (Å²) < 4.78 is 6.47. The molecule has 2 rings (SSSR count). The van der Waals surface area contributed by atoms with Crippen LogP contribution >= 0.6 is 27.3 Å². The zero-order valence-corrected chi connectivity index (χ0v) is 12.7. The van der Waals surface area contributed by atoms with Crippen LogP contribution in [-0.4, -0.2) is 11.1 Å². The Bertz CT molecular complexity index is 522. The van der Waals surface area contributed by atoms with Crippen molar-refractivity contribution < 1.29 is 4.74 Å². The van der Waals surface area contributed by atoms with Crippen molar-refractivity contribution in [3.05, 3.63) is 33.9 Å². The van der Waals surface area contributed by atoms with Gasteiger partial charge in [0.05, 0.1) is 11.0 Å². The molecule has 0 fully saturated rings. The maximum atomic E-state index is 5.62. The van der Waals surface area contributed by atoms with Gasteiger partial charge in [-0.05, 0) is 59.6 Å². The number of aromatic nitrogens is 1. The Balaban J connectivity index is 2.25. The van der Waals surface area contributed by atoms with Crippen molar-refractivity contribution in [1.82, 2.24) is 4.98 Å². The van der Waals surface area contributed by atoms with E-state index in [1.807, 2.05) is 38.1 Å². The molecule has 0 amide bonds. The number of thiazole rings is 1. The topological polar surface area (TPSA) is 48.1 Å². The third-order valence-corrected chi connectivity index (χ3v) is 4.26. The molecule has 5 heteroatoms. The zero-order valence-electron chi connectivity index (χ0n) is 10.3. The highest BCUT2D eigenvalue weighted by molar-refractivity contribution is 9.10. The first kappa shape index (κ1) is 13.5. The maximum absolute atomic E-state index is 5.62. The van der Waals surface area contributed by atoms with E-state index in [-0.39, 0.29) is 6.10 Å². The minimum atomic E-state index is 0.190. The van der Waals surface area contributed by atoms with Crippen molar-refractivity contribution in [2.45, 2.75) is 26.5 Å². The second-order valence-electron chi connectivity index (χ2n) is 4.12. The molecule has 0 bridgehead atoms. The van der Waals surface area contributed by atoms with Crippen LogP contribution in [0.1, 0.15) is 18.9 Å². The van der Waals surface area contributed by atoms with E-state index in [4.69, 9.17) is 10.5 Å². The number of halogens is 1. The first-order chi connectivity index (χ1) is 8.60. The largest absolute Gasteiger partial charge is 0.491 e. The van der Waals surface area contributed by atoms with Gasteiger partial charge in [-0.25, -0.2) is 4.98 Å². The van der Waals surface area contributed by atoms with Gasteiger partial charge in [0.25, 0.3) is 0 Å². The molecule has 1 heterocycles. The average Bonchev–Trinajstić information content (AvgIpc) is 2.71. The van der Waals surface area contributed by atoms with Crippen LogP contribution in [0.2, 0.25) is 0 Å². The van der Waals surface area contributed by atoms with E-state index < -0.39 is 0 Å². The van der Waals surface area contributed by atoms with Gasteiger partial charge in [0.15, 0.2) is 0 Å². The molecule has 0 aliphatic carbocycles. The van der Waals surface area contributed by atoms with Crippen LogP contribution in [-0.2, 0) is 6.54 Å². The lowest BCUT2D eigenvalue weighted by atomic mass is 10.2. The SMILES string of the molecule is CC(C)Oc1ccc(-c2sc(CN)nc2Br)cc1. The molecule has 0 saturated heterocycles. The second-order valence-corrected chi connectivity index (χ2v) is 5.96. The number of hydrogen-bond donors (Lipinski definition) is 1. The van der Waals surface area contributed by atoms with Gasteiger partial charge in [-0.15, -0.1) is 11.3 Å². The van der Waals surface area contributed by atoms with Gasteiger partial charge in [-0.3, -0.25) is 0 Å². The van der Waals surface area contributed by atoms with E-state index in [1.165, 1.54) is 0 Å². The van der Waals surface area contributed by atoms with E-state index in [2.05, 4.69) is 20.9 Å². The molecule has 0 aliphatic heterocycles. The molecule has 0 atom stereocenters. The molecule has 0 unspecified atom stereocenters. The molecule has 0 spiro atoms. The molecule has 1 aromatic heterocycles. The average molecular weight is 327 g/mol. The molecular formula is C13H15BrN2OS. The third-order valence-electron chi connectivity index (χ3n) is 2.29. The van der Waals surface area contributed by atoms with Crippen molar-refractivity contribution in [2.24, 2.45) is 5.73 Å². The van der Waals surface area contributed by atoms with E-state index in [0.29, 0.717) is 6.54 Å². The van der Waals surface area contributed by atoms with Gasteiger partial charge in [0.2, 0.25) is 0 Å². The number of hydrogen-bond acceptors (Lipinski definition) is 4. The van der Waals surface area contributed by atoms with Crippen molar-refractivity contribution in [1.29, 1.82) is 0 Å². The number of nitrogens with zero attached hydrogens (tertiary/aromatic N) is 1. The van der Waals surface area contributed by atoms with Gasteiger partial charge >= 0.3 is 0 Å². The Morgan fingerprint density at radius 1 is 1.33 bits per heavy atom. The van der Waals surface area contributed by atoms with Crippen molar-refractivity contribution in [2.75, 3.05) is 0 Å². The maximum Gasteiger partial charge on any atom is 0.125 e. The number of nitrogens with two attached hydrogens (primary N) is 1. The Kier molecular flexibility index (Phi) is 4.37. The Morgan fingerprint density at radius 2 is 2.00 bits per heavy atom. The predicted octanol–water partition coefficient (Wildman–Crippen LogP) is 3.82. The van der Waals surface area contributed by atoms with Crippen LogP contribution in [0.4, 0.5) is 0 Å². The van der Waals surface area contributed by atoms with Crippen LogP contribution in [0.5, 0.6) is 5.75 Å². The summed E-state index contributed by atoms with van der Waals surface area (Å²) in [6.45, 7) is 4.50. The zero-order chi connectivity index (χ0) is 13.1. The second kappa shape index (κ2) is 5.82. The van der Waals surface area contributed by atoms with Gasteiger partial charge in [-0.2, -0.15) is 0 Å². The van der Waals surface area contributed by atoms with Crippen LogP contribution in [0.3, 0.4) is 0 Å². The fraction of sp³-hybridized carbons (Fsp3) is 0.308. The first-order valence-electron chi connectivity index (χ1n) is 5.72. The summed E-state index contributed by atoms with van der Waals surface area (Å²) in [6.07, 6.45) is 0.190. The summed E-state index contributed by atoms with van der Waals surface area (Å²) in [5.41, 5.74) is 6.72. The minimum Gasteiger partial charge on any atom is -0.491 e. The highest BCUT2D eigenvalue weighted by Crippen LogP contribution is 2.34. The predicted molar refractivity (Wildman–Crippen MR) is 78.9 cm³/mol. The summed E-state index contributed by atoms with van der Waals surface area (Å²) in [5, 5.41) is 0.930. The summed E-state index contributed by atoms with van der Waals surface area (Å²) in [4.78, 5) is 5.46. The smallest absolute Gasteiger partial charge is 0.125 e. The van der Waals surface area contributed by atoms with E-state index >= 15 is 0 Å². The summed E-state index contributed by atoms with van der Waals surface area (Å²) in [6, 6.07) is 8.03. The summed E-state index contributed by atoms with van der Waals surface area (Å²) in [7, 11) is 0. The van der Waals surface area contributed by atoms with E-state index in [1.54, 1.807) is 11.3 Å². The van der Waals surface area contributed by atoms with Gasteiger partial charge in [-0.1, -0.05) is 0 Å². The number of benzene rings is 1. The van der Waals surface area contributed by atoms with Gasteiger partial charge < -0.3 is 10.5 Å². The van der Waals surface area contributed by atoms with Crippen LogP contribution in [0.25, 0.3) is 10.4 Å². The summed E-state index contributed by atoms with van der Waals surface area (Å²) >= 11 is 5.07. The van der Waals surface area contributed by atoms with Gasteiger partial charge in [0, 0.05) is 6.54 Å². The van der Waals surface area contributed by atoms with Crippen LogP contribution < -0.4 is 10.5 Å². The summed E-state index contributed by atoms with van der Waals surface area (Å²) in [5.74, 6) is 0.883. The number of ether oxygens (including phenoxy) is 1. The Hall–Kier alpha value is -0.910. The third kappa shape index (κ3) is 3.10. The highest BCUT2D eigenvalue weighted by Gasteiger charge is 2.10. The molecule has 2 aromatic rings. The molecular weight excluding hydrogens is 312 g/mol. The lowest BCUT2D eigenvalue weighted by Gasteiger charge is -2.09. The standard InChI is InChI=1S/C13H15BrN2OS/c1-8(2)17-10-5-3-9(4-6-10)12-13(14)16-11(7-15)18-12/h3-6,8H,7,15H2,1-2H3. The quantitative estimate of drug-likeness (QED) is 0.929. The fourth-order valence-corrected chi connectivity index (χ4v) is 3.21. The molecule has 0 radical (unpaired) electrons. The lowest BCUT2D eigenvalue weighted by molar-refractivity contribution is 0.242. The van der Waals surface area contributed by atoms with Gasteiger partial charge in [0.1, 0.15) is 15.4 Å². The molecule has 2 N–H and O–H groups in total. The van der Waals surface area contributed by atoms with Crippen LogP contribution in [0, 0.1) is 0 Å². The van der Waals surface area contributed by atoms with Crippen LogP contribution in [0.15, 0.2) is 28.9 Å². The first-order valence-corrected chi connectivity index (χ1v) is 7.33. The number of rotatable bonds is 4. The molecule has 3 nitrogen and oxygen atoms in total. The monoisotopic (exact) mass is 326 g/mol. The Labute approximate surface area is 119 Å². The molecule has 18 heavy (non-hydrogen) atoms. The molecule has 0 saturated carbocycles. The molecule has 96 valence electrons. The fourth-order valence-electron chi connectivity index (χ4n) is 1.57. The normalized spacial score (nSPS) is 10.9. The van der Waals surface area contributed by atoms with Crippen molar-refractivity contribution in [3.8, 4) is 16.2 Å². The van der Waals surface area contributed by atoms with E-state index in [9.17, 15) is 0 Å². The van der Waals surface area contributed by atoms with Crippen molar-refractivity contribution >= 4 is 27.3 Å².